The van der Waals surface area contributed by atoms with Crippen LogP contribution >= 0.6 is 24.0 Å². The molecule has 0 spiro atoms. The summed E-state index contributed by atoms with van der Waals surface area (Å²) >= 11 is 6.23. The molecule has 1 saturated carbocycles. The van der Waals surface area contributed by atoms with Crippen LogP contribution in [0.15, 0.2) is 24.3 Å². The molecule has 1 aliphatic carbocycles. The van der Waals surface area contributed by atoms with Gasteiger partial charge in [0.25, 0.3) is 0 Å². The third kappa shape index (κ3) is 5.85. The summed E-state index contributed by atoms with van der Waals surface area (Å²) in [5, 5.41) is 7.00. The standard InChI is InChI=1S/C16H23ClN2O.ClH/c1-11(2)16(13-5-3-4-6-14(13)17)19-15(20)10-18-9-12-7-8-12;/h3-6,11-12,16,18H,7-10H2,1-2H3,(H,19,20);1H. The molecule has 5 heteroatoms. The fraction of sp³-hybridized carbons (Fsp3) is 0.562. The molecule has 3 nitrogen and oxygen atoms in total. The van der Waals surface area contributed by atoms with E-state index in [0.717, 1.165) is 18.0 Å². The van der Waals surface area contributed by atoms with Crippen molar-refractivity contribution in [2.24, 2.45) is 11.8 Å². The van der Waals surface area contributed by atoms with E-state index in [0.29, 0.717) is 17.5 Å². The number of hydrogen-bond acceptors (Lipinski definition) is 2. The Morgan fingerprint density at radius 2 is 2.00 bits per heavy atom. The number of rotatable bonds is 7. The predicted octanol–water partition coefficient (Wildman–Crippen LogP) is 3.57. The van der Waals surface area contributed by atoms with Gasteiger partial charge in [-0.05, 0) is 42.9 Å². The molecule has 1 amide bonds. The average molecular weight is 331 g/mol. The number of carbonyl (C=O) groups excluding carboxylic acids is 1. The first kappa shape index (κ1) is 18.3. The van der Waals surface area contributed by atoms with Gasteiger partial charge < -0.3 is 10.6 Å². The van der Waals surface area contributed by atoms with Gasteiger partial charge in [-0.1, -0.05) is 43.6 Å². The van der Waals surface area contributed by atoms with Gasteiger partial charge in [-0.2, -0.15) is 0 Å². The zero-order valence-electron chi connectivity index (χ0n) is 12.6. The summed E-state index contributed by atoms with van der Waals surface area (Å²) in [5.41, 5.74) is 0.986. The molecular weight excluding hydrogens is 307 g/mol. The predicted molar refractivity (Wildman–Crippen MR) is 90.0 cm³/mol. The first-order valence-electron chi connectivity index (χ1n) is 7.32. The highest BCUT2D eigenvalue weighted by Crippen LogP contribution is 2.28. The number of amides is 1. The van der Waals surface area contributed by atoms with Crippen molar-refractivity contribution in [2.45, 2.75) is 32.7 Å². The Morgan fingerprint density at radius 3 is 2.57 bits per heavy atom. The Kier molecular flexibility index (Phi) is 7.50. The minimum Gasteiger partial charge on any atom is -0.348 e. The highest BCUT2D eigenvalue weighted by atomic mass is 35.5. The maximum Gasteiger partial charge on any atom is 0.234 e. The molecule has 0 heterocycles. The van der Waals surface area contributed by atoms with E-state index in [1.54, 1.807) is 0 Å². The van der Waals surface area contributed by atoms with E-state index in [1.807, 2.05) is 24.3 Å². The van der Waals surface area contributed by atoms with Crippen molar-refractivity contribution in [1.29, 1.82) is 0 Å². The van der Waals surface area contributed by atoms with Crippen LogP contribution < -0.4 is 10.6 Å². The lowest BCUT2D eigenvalue weighted by atomic mass is 9.96. The molecule has 1 aliphatic rings. The van der Waals surface area contributed by atoms with Crippen LogP contribution in [0.1, 0.15) is 38.3 Å². The molecule has 1 unspecified atom stereocenters. The van der Waals surface area contributed by atoms with Crippen molar-refractivity contribution in [3.8, 4) is 0 Å². The summed E-state index contributed by atoms with van der Waals surface area (Å²) < 4.78 is 0. The summed E-state index contributed by atoms with van der Waals surface area (Å²) in [6.07, 6.45) is 2.59. The molecule has 1 aromatic rings. The molecule has 1 aromatic carbocycles. The van der Waals surface area contributed by atoms with Crippen LogP contribution in [0.2, 0.25) is 5.02 Å². The molecule has 1 fully saturated rings. The lowest BCUT2D eigenvalue weighted by Crippen LogP contribution is -2.38. The second-order valence-corrected chi connectivity index (χ2v) is 6.29. The van der Waals surface area contributed by atoms with Crippen molar-refractivity contribution in [3.05, 3.63) is 34.9 Å². The average Bonchev–Trinajstić information content (AvgIpc) is 3.21. The molecule has 0 aromatic heterocycles. The van der Waals surface area contributed by atoms with Crippen LogP contribution in [0.25, 0.3) is 0 Å². The van der Waals surface area contributed by atoms with E-state index >= 15 is 0 Å². The normalized spacial score (nSPS) is 15.4. The van der Waals surface area contributed by atoms with Gasteiger partial charge in [-0.25, -0.2) is 0 Å². The third-order valence-electron chi connectivity index (χ3n) is 3.64. The van der Waals surface area contributed by atoms with Crippen molar-refractivity contribution >= 4 is 29.9 Å². The van der Waals surface area contributed by atoms with Gasteiger partial charge >= 0.3 is 0 Å². The Balaban J connectivity index is 0.00000220. The van der Waals surface area contributed by atoms with Gasteiger partial charge in [0, 0.05) is 5.02 Å². The van der Waals surface area contributed by atoms with Gasteiger partial charge in [-0.15, -0.1) is 12.4 Å². The maximum atomic E-state index is 12.0. The quantitative estimate of drug-likeness (QED) is 0.802. The van der Waals surface area contributed by atoms with E-state index in [-0.39, 0.29) is 24.4 Å². The van der Waals surface area contributed by atoms with Crippen LogP contribution in [0, 0.1) is 11.8 Å². The van der Waals surface area contributed by atoms with Crippen LogP contribution in [0.4, 0.5) is 0 Å². The van der Waals surface area contributed by atoms with Crippen LogP contribution in [-0.4, -0.2) is 19.0 Å². The first-order chi connectivity index (χ1) is 9.58. The second-order valence-electron chi connectivity index (χ2n) is 5.88. The Hall–Kier alpha value is -0.770. The minimum atomic E-state index is -0.0427. The van der Waals surface area contributed by atoms with Crippen molar-refractivity contribution in [2.75, 3.05) is 13.1 Å². The minimum absolute atomic E-state index is 0. The fourth-order valence-electron chi connectivity index (χ4n) is 2.27. The van der Waals surface area contributed by atoms with Gasteiger partial charge in [0.05, 0.1) is 12.6 Å². The molecule has 0 radical (unpaired) electrons. The van der Waals surface area contributed by atoms with Crippen LogP contribution in [0.3, 0.4) is 0 Å². The molecule has 2 N–H and O–H groups in total. The first-order valence-corrected chi connectivity index (χ1v) is 7.70. The molecule has 118 valence electrons. The molecule has 0 saturated heterocycles. The number of hydrogen-bond donors (Lipinski definition) is 2. The zero-order valence-corrected chi connectivity index (χ0v) is 14.1. The summed E-state index contributed by atoms with van der Waals surface area (Å²) in [4.78, 5) is 12.0. The van der Waals surface area contributed by atoms with Crippen molar-refractivity contribution < 1.29 is 4.79 Å². The topological polar surface area (TPSA) is 41.1 Å². The Bertz CT molecular complexity index is 461. The number of halogens is 2. The van der Waals surface area contributed by atoms with E-state index in [4.69, 9.17) is 11.6 Å². The number of carbonyl (C=O) groups is 1. The SMILES string of the molecule is CC(C)C(NC(=O)CNCC1CC1)c1ccccc1Cl.Cl. The third-order valence-corrected chi connectivity index (χ3v) is 3.98. The molecular formula is C16H24Cl2N2O. The van der Waals surface area contributed by atoms with Gasteiger partial charge in [0.1, 0.15) is 0 Å². The summed E-state index contributed by atoms with van der Waals surface area (Å²) in [6, 6.07) is 7.66. The van der Waals surface area contributed by atoms with Crippen LogP contribution in [0.5, 0.6) is 0 Å². The lowest BCUT2D eigenvalue weighted by molar-refractivity contribution is -0.121. The number of nitrogens with one attached hydrogen (secondary N) is 2. The second kappa shape index (κ2) is 8.62. The fourth-order valence-corrected chi connectivity index (χ4v) is 2.52. The highest BCUT2D eigenvalue weighted by Gasteiger charge is 2.22. The van der Waals surface area contributed by atoms with E-state index in [2.05, 4.69) is 24.5 Å². The summed E-state index contributed by atoms with van der Waals surface area (Å²) in [6.45, 7) is 5.51. The molecule has 21 heavy (non-hydrogen) atoms. The van der Waals surface area contributed by atoms with Gasteiger partial charge in [0.15, 0.2) is 0 Å². The molecule has 1 atom stereocenters. The van der Waals surface area contributed by atoms with Crippen LogP contribution in [-0.2, 0) is 4.79 Å². The van der Waals surface area contributed by atoms with E-state index in [9.17, 15) is 4.79 Å². The highest BCUT2D eigenvalue weighted by molar-refractivity contribution is 6.31. The summed E-state index contributed by atoms with van der Waals surface area (Å²) in [5.74, 6) is 1.11. The van der Waals surface area contributed by atoms with Crippen molar-refractivity contribution in [3.63, 3.8) is 0 Å². The maximum absolute atomic E-state index is 12.0. The summed E-state index contributed by atoms with van der Waals surface area (Å²) in [7, 11) is 0. The molecule has 0 bridgehead atoms. The van der Waals surface area contributed by atoms with E-state index in [1.165, 1.54) is 12.8 Å². The number of benzene rings is 1. The zero-order chi connectivity index (χ0) is 14.5. The Morgan fingerprint density at radius 1 is 1.33 bits per heavy atom. The van der Waals surface area contributed by atoms with Gasteiger partial charge in [-0.3, -0.25) is 4.79 Å². The largest absolute Gasteiger partial charge is 0.348 e. The molecule has 2 rings (SSSR count). The van der Waals surface area contributed by atoms with E-state index < -0.39 is 0 Å². The Labute approximate surface area is 138 Å². The lowest BCUT2D eigenvalue weighted by Gasteiger charge is -2.24. The molecule has 0 aliphatic heterocycles. The smallest absolute Gasteiger partial charge is 0.234 e. The van der Waals surface area contributed by atoms with Crippen molar-refractivity contribution in [1.82, 2.24) is 10.6 Å². The van der Waals surface area contributed by atoms with Gasteiger partial charge in [0.2, 0.25) is 5.91 Å². The monoisotopic (exact) mass is 330 g/mol.